The van der Waals surface area contributed by atoms with Crippen LogP contribution < -0.4 is 15.8 Å². The highest BCUT2D eigenvalue weighted by Gasteiger charge is 2.15. The van der Waals surface area contributed by atoms with Crippen LogP contribution in [0.4, 0.5) is 0 Å². The second-order valence-electron chi connectivity index (χ2n) is 4.19. The van der Waals surface area contributed by atoms with Gasteiger partial charge in [-0.3, -0.25) is 4.79 Å². The summed E-state index contributed by atoms with van der Waals surface area (Å²) in [6.45, 7) is 2.85. The van der Waals surface area contributed by atoms with E-state index in [4.69, 9.17) is 14.9 Å². The summed E-state index contributed by atoms with van der Waals surface area (Å²) in [4.78, 5) is 11.5. The van der Waals surface area contributed by atoms with Crippen molar-refractivity contribution in [1.29, 1.82) is 0 Å². The molecule has 1 aromatic heterocycles. The maximum absolute atomic E-state index is 11.5. The van der Waals surface area contributed by atoms with Crippen molar-refractivity contribution in [3.05, 3.63) is 30.0 Å². The van der Waals surface area contributed by atoms with Crippen LogP contribution in [0.15, 0.2) is 28.7 Å². The van der Waals surface area contributed by atoms with Gasteiger partial charge in [0.05, 0.1) is 11.9 Å². The van der Waals surface area contributed by atoms with E-state index in [0.717, 1.165) is 11.8 Å². The van der Waals surface area contributed by atoms with Gasteiger partial charge in [0.15, 0.2) is 18.1 Å². The van der Waals surface area contributed by atoms with Crippen LogP contribution >= 0.6 is 0 Å². The lowest BCUT2D eigenvalue weighted by atomic mass is 10.2. The fraction of sp³-hybridized carbons (Fsp3) is 0.357. The summed E-state index contributed by atoms with van der Waals surface area (Å²) in [6, 6.07) is 7.50. The van der Waals surface area contributed by atoms with Crippen LogP contribution in [0.1, 0.15) is 19.1 Å². The van der Waals surface area contributed by atoms with Gasteiger partial charge < -0.3 is 20.2 Å². The summed E-state index contributed by atoms with van der Waals surface area (Å²) in [6.07, 6.45) is 0.897. The Morgan fingerprint density at radius 3 is 2.95 bits per heavy atom. The van der Waals surface area contributed by atoms with Gasteiger partial charge in [0.2, 0.25) is 0 Å². The van der Waals surface area contributed by atoms with Crippen molar-refractivity contribution in [2.24, 2.45) is 5.73 Å². The van der Waals surface area contributed by atoms with Crippen molar-refractivity contribution < 1.29 is 13.9 Å². The third kappa shape index (κ3) is 3.06. The van der Waals surface area contributed by atoms with Gasteiger partial charge in [-0.1, -0.05) is 19.1 Å². The second-order valence-corrected chi connectivity index (χ2v) is 4.19. The van der Waals surface area contributed by atoms with Gasteiger partial charge >= 0.3 is 0 Å². The average molecular weight is 262 g/mol. The topological polar surface area (TPSA) is 77.5 Å². The summed E-state index contributed by atoms with van der Waals surface area (Å²) in [5.74, 6) is 0.976. The van der Waals surface area contributed by atoms with Crippen LogP contribution in [-0.4, -0.2) is 19.1 Å². The van der Waals surface area contributed by atoms with Crippen LogP contribution in [-0.2, 0) is 11.3 Å². The zero-order chi connectivity index (χ0) is 13.7. The Morgan fingerprint density at radius 1 is 1.42 bits per heavy atom. The Balaban J connectivity index is 2.13. The number of carbonyl (C=O) groups is 1. The minimum absolute atomic E-state index is 0.0312. The van der Waals surface area contributed by atoms with Gasteiger partial charge in [-0.25, -0.2) is 0 Å². The van der Waals surface area contributed by atoms with Crippen molar-refractivity contribution in [3.8, 4) is 5.75 Å². The van der Waals surface area contributed by atoms with Gasteiger partial charge in [-0.2, -0.15) is 0 Å². The minimum Gasteiger partial charge on any atom is -0.479 e. The number of ether oxygens (including phenoxy) is 1. The number of hydrogen-bond acceptors (Lipinski definition) is 4. The standard InChI is InChI=1S/C14H18N2O3/c1-2-7-16-13(17)9-18-14-10-5-3-4-6-11(10)19-12(14)8-15/h3-6H,2,7-9,15H2,1H3,(H,16,17). The van der Waals surface area contributed by atoms with Gasteiger partial charge in [0, 0.05) is 6.54 Å². The first kappa shape index (κ1) is 13.4. The number of hydrogen-bond donors (Lipinski definition) is 2. The largest absolute Gasteiger partial charge is 0.479 e. The van der Waals surface area contributed by atoms with Gasteiger partial charge in [-0.15, -0.1) is 0 Å². The number of fused-ring (bicyclic) bond motifs is 1. The maximum Gasteiger partial charge on any atom is 0.257 e. The predicted molar refractivity (Wildman–Crippen MR) is 72.9 cm³/mol. The molecule has 0 aliphatic rings. The molecule has 5 heteroatoms. The highest BCUT2D eigenvalue weighted by molar-refractivity contribution is 5.86. The van der Waals surface area contributed by atoms with Crippen molar-refractivity contribution in [2.45, 2.75) is 19.9 Å². The van der Waals surface area contributed by atoms with Crippen LogP contribution in [0.2, 0.25) is 0 Å². The van der Waals surface area contributed by atoms with E-state index in [0.29, 0.717) is 23.6 Å². The molecule has 0 unspecified atom stereocenters. The molecule has 0 radical (unpaired) electrons. The summed E-state index contributed by atoms with van der Waals surface area (Å²) in [5, 5.41) is 3.59. The van der Waals surface area contributed by atoms with Crippen molar-refractivity contribution in [1.82, 2.24) is 5.32 Å². The molecule has 0 saturated carbocycles. The molecule has 102 valence electrons. The molecule has 5 nitrogen and oxygen atoms in total. The molecule has 0 saturated heterocycles. The molecule has 3 N–H and O–H groups in total. The highest BCUT2D eigenvalue weighted by atomic mass is 16.5. The lowest BCUT2D eigenvalue weighted by molar-refractivity contribution is -0.123. The molecule has 0 atom stereocenters. The maximum atomic E-state index is 11.5. The molecule has 0 aliphatic carbocycles. The molecule has 0 bridgehead atoms. The second kappa shape index (κ2) is 6.24. The molecule has 2 aromatic rings. The third-order valence-electron chi connectivity index (χ3n) is 2.72. The molecular formula is C14H18N2O3. The molecule has 2 rings (SSSR count). The minimum atomic E-state index is -0.143. The Labute approximate surface area is 111 Å². The summed E-state index contributed by atoms with van der Waals surface area (Å²) in [5.41, 5.74) is 6.34. The number of carbonyl (C=O) groups excluding carboxylic acids is 1. The Bertz CT molecular complexity index is 563. The summed E-state index contributed by atoms with van der Waals surface area (Å²) >= 11 is 0. The highest BCUT2D eigenvalue weighted by Crippen LogP contribution is 2.32. The Hall–Kier alpha value is -2.01. The number of benzene rings is 1. The molecule has 0 aliphatic heterocycles. The smallest absolute Gasteiger partial charge is 0.257 e. The van der Waals surface area contributed by atoms with Crippen molar-refractivity contribution >= 4 is 16.9 Å². The molecule has 1 heterocycles. The van der Waals surface area contributed by atoms with Crippen LogP contribution in [0.3, 0.4) is 0 Å². The van der Waals surface area contributed by atoms with Gasteiger partial charge in [0.1, 0.15) is 5.58 Å². The number of nitrogens with one attached hydrogen (secondary N) is 1. The van der Waals surface area contributed by atoms with Crippen molar-refractivity contribution in [3.63, 3.8) is 0 Å². The normalized spacial score (nSPS) is 10.6. The first-order valence-electron chi connectivity index (χ1n) is 6.36. The number of furan rings is 1. The van der Waals surface area contributed by atoms with E-state index in [2.05, 4.69) is 5.32 Å². The first-order chi connectivity index (χ1) is 9.26. The number of rotatable bonds is 6. The van der Waals surface area contributed by atoms with E-state index in [1.54, 1.807) is 0 Å². The van der Waals surface area contributed by atoms with Crippen LogP contribution in [0.5, 0.6) is 5.75 Å². The fourth-order valence-electron chi connectivity index (χ4n) is 1.82. The SMILES string of the molecule is CCCNC(=O)COc1c(CN)oc2ccccc12. The van der Waals surface area contributed by atoms with Gasteiger partial charge in [0.25, 0.3) is 5.91 Å². The van der Waals surface area contributed by atoms with E-state index in [1.165, 1.54) is 0 Å². The first-order valence-corrected chi connectivity index (χ1v) is 6.36. The van der Waals surface area contributed by atoms with E-state index >= 15 is 0 Å². The van der Waals surface area contributed by atoms with E-state index in [-0.39, 0.29) is 19.1 Å². The van der Waals surface area contributed by atoms with E-state index < -0.39 is 0 Å². The lowest BCUT2D eigenvalue weighted by Crippen LogP contribution is -2.29. The molecule has 0 fully saturated rings. The van der Waals surface area contributed by atoms with E-state index in [1.807, 2.05) is 31.2 Å². The number of amides is 1. The molecule has 0 spiro atoms. The summed E-state index contributed by atoms with van der Waals surface area (Å²) in [7, 11) is 0. The Morgan fingerprint density at radius 2 is 2.21 bits per heavy atom. The van der Waals surface area contributed by atoms with Crippen LogP contribution in [0, 0.1) is 0 Å². The number of nitrogens with two attached hydrogens (primary N) is 1. The zero-order valence-corrected chi connectivity index (χ0v) is 10.9. The Kier molecular flexibility index (Phi) is 4.41. The fourth-order valence-corrected chi connectivity index (χ4v) is 1.82. The predicted octanol–water partition coefficient (Wildman–Crippen LogP) is 1.80. The molecule has 1 amide bonds. The molecular weight excluding hydrogens is 244 g/mol. The lowest BCUT2D eigenvalue weighted by Gasteiger charge is -2.06. The monoisotopic (exact) mass is 262 g/mol. The van der Waals surface area contributed by atoms with Gasteiger partial charge in [-0.05, 0) is 18.6 Å². The third-order valence-corrected chi connectivity index (χ3v) is 2.72. The average Bonchev–Trinajstić information content (AvgIpc) is 2.80. The van der Waals surface area contributed by atoms with Crippen molar-refractivity contribution in [2.75, 3.05) is 13.2 Å². The molecule has 19 heavy (non-hydrogen) atoms. The van der Waals surface area contributed by atoms with E-state index in [9.17, 15) is 4.79 Å². The molecule has 1 aromatic carbocycles. The summed E-state index contributed by atoms with van der Waals surface area (Å²) < 4.78 is 11.1. The van der Waals surface area contributed by atoms with Crippen LogP contribution in [0.25, 0.3) is 11.0 Å². The zero-order valence-electron chi connectivity index (χ0n) is 10.9. The quantitative estimate of drug-likeness (QED) is 0.832. The number of para-hydroxylation sites is 1.